The number of carbonyl (C=O) groups excluding carboxylic acids is 1. The van der Waals surface area contributed by atoms with Crippen LogP contribution in [0, 0.1) is 17.8 Å². The molecule has 4 nitrogen and oxygen atoms in total. The third-order valence-electron chi connectivity index (χ3n) is 4.82. The van der Waals surface area contributed by atoms with E-state index in [9.17, 15) is 4.79 Å². The summed E-state index contributed by atoms with van der Waals surface area (Å²) in [4.78, 5) is 12.4. The Hall–Kier alpha value is -0.870. The summed E-state index contributed by atoms with van der Waals surface area (Å²) in [6, 6.07) is 0. The minimum Gasteiger partial charge on any atom is -1.00 e. The van der Waals surface area contributed by atoms with Gasteiger partial charge in [0.15, 0.2) is 5.78 Å². The number of Topliss-reactive ketones (excluding diaryl/α,β-unsaturated/α-hetero) is 1. The van der Waals surface area contributed by atoms with Gasteiger partial charge in [0, 0.05) is 12.8 Å². The smallest absolute Gasteiger partial charge is 0.168 e. The maximum atomic E-state index is 12.4. The number of hydrogen-bond acceptors (Lipinski definition) is 3. The van der Waals surface area contributed by atoms with Crippen LogP contribution in [0.3, 0.4) is 0 Å². The highest BCUT2D eigenvalue weighted by Crippen LogP contribution is 2.33. The fraction of sp³-hybridized carbons (Fsp3) is 0.750. The second-order valence-electron chi connectivity index (χ2n) is 6.58. The van der Waals surface area contributed by atoms with Crippen molar-refractivity contribution in [2.24, 2.45) is 17.8 Å². The molecule has 0 saturated carbocycles. The molecule has 3 rings (SSSR count). The van der Waals surface area contributed by atoms with Gasteiger partial charge in [-0.25, -0.2) is 0 Å². The zero-order chi connectivity index (χ0) is 14.1. The molecule has 0 N–H and O–H groups in total. The average Bonchev–Trinajstić information content (AvgIpc) is 2.83. The van der Waals surface area contributed by atoms with E-state index in [-0.39, 0.29) is 18.2 Å². The van der Waals surface area contributed by atoms with Gasteiger partial charge < -0.3 is 22.2 Å². The number of ketones is 1. The fourth-order valence-corrected chi connectivity index (χ4v) is 3.36. The van der Waals surface area contributed by atoms with Gasteiger partial charge in [-0.3, -0.25) is 4.79 Å². The normalized spacial score (nSPS) is 23.0. The van der Waals surface area contributed by atoms with Crippen LogP contribution in [-0.4, -0.2) is 24.0 Å². The molecule has 1 atom stereocenters. The van der Waals surface area contributed by atoms with Crippen LogP contribution in [0.5, 0.6) is 0 Å². The molecule has 1 saturated heterocycles. The van der Waals surface area contributed by atoms with Crippen LogP contribution < -0.4 is 12.4 Å². The SMILES string of the molecule is CC(C)C1CC(=O)c2c(noc2CC2CC[N-]CC2)C1.[Cl-]. The number of aromatic nitrogens is 1. The molecule has 1 aromatic rings. The van der Waals surface area contributed by atoms with Crippen LogP contribution in [0.15, 0.2) is 4.52 Å². The first-order valence-electron chi connectivity index (χ1n) is 7.79. The van der Waals surface area contributed by atoms with Gasteiger partial charge in [0.1, 0.15) is 5.76 Å². The van der Waals surface area contributed by atoms with Crippen LogP contribution in [-0.2, 0) is 12.8 Å². The van der Waals surface area contributed by atoms with E-state index in [2.05, 4.69) is 24.3 Å². The minimum absolute atomic E-state index is 0. The van der Waals surface area contributed by atoms with Crippen molar-refractivity contribution in [1.29, 1.82) is 0 Å². The minimum atomic E-state index is 0. The molecule has 2 aliphatic rings. The molecule has 1 aliphatic carbocycles. The first-order valence-corrected chi connectivity index (χ1v) is 7.79. The number of carbonyl (C=O) groups is 1. The summed E-state index contributed by atoms with van der Waals surface area (Å²) in [5, 5.41) is 8.56. The molecule has 0 spiro atoms. The number of halogens is 1. The number of piperidine rings is 1. The van der Waals surface area contributed by atoms with Gasteiger partial charge in [-0.05, 0) is 24.2 Å². The van der Waals surface area contributed by atoms with Crippen molar-refractivity contribution >= 4 is 5.78 Å². The zero-order valence-electron chi connectivity index (χ0n) is 12.8. The first-order chi connectivity index (χ1) is 9.65. The van der Waals surface area contributed by atoms with Crippen molar-refractivity contribution in [2.75, 3.05) is 13.1 Å². The van der Waals surface area contributed by atoms with E-state index in [1.165, 1.54) is 0 Å². The van der Waals surface area contributed by atoms with Gasteiger partial charge in [0.05, 0.1) is 11.3 Å². The summed E-state index contributed by atoms with van der Waals surface area (Å²) in [6.45, 7) is 6.25. The van der Waals surface area contributed by atoms with Crippen molar-refractivity contribution in [2.45, 2.75) is 46.0 Å². The van der Waals surface area contributed by atoms with E-state index >= 15 is 0 Å². The summed E-state index contributed by atoms with van der Waals surface area (Å²) in [5.41, 5.74) is 1.71. The third-order valence-corrected chi connectivity index (χ3v) is 4.82. The Bertz CT molecular complexity index is 492. The zero-order valence-corrected chi connectivity index (χ0v) is 13.5. The standard InChI is InChI=1S/C16H23N2O2.ClH/c1-10(2)12-8-13-16(14(19)9-12)15(20-18-13)7-11-3-5-17-6-4-11;/h10-12H,3-9H2,1-2H3;1H/q-1;/p-1. The molecule has 0 bridgehead atoms. The molecule has 1 fully saturated rings. The highest BCUT2D eigenvalue weighted by Gasteiger charge is 2.33. The molecule has 1 aliphatic heterocycles. The molecular formula is C16H23ClN2O2-2. The molecule has 2 heterocycles. The Balaban J connectivity index is 0.00000161. The lowest BCUT2D eigenvalue weighted by Gasteiger charge is -2.31. The van der Waals surface area contributed by atoms with Crippen LogP contribution in [0.2, 0.25) is 0 Å². The fourth-order valence-electron chi connectivity index (χ4n) is 3.36. The number of fused-ring (bicyclic) bond motifs is 1. The monoisotopic (exact) mass is 310 g/mol. The largest absolute Gasteiger partial charge is 1.00 e. The molecule has 21 heavy (non-hydrogen) atoms. The Morgan fingerprint density at radius 1 is 1.29 bits per heavy atom. The predicted molar refractivity (Wildman–Crippen MR) is 77.0 cm³/mol. The first kappa shape index (κ1) is 16.5. The van der Waals surface area contributed by atoms with Crippen molar-refractivity contribution < 1.29 is 21.7 Å². The molecule has 0 amide bonds. The number of nitrogens with zero attached hydrogens (tertiary/aromatic N) is 2. The maximum Gasteiger partial charge on any atom is 0.168 e. The van der Waals surface area contributed by atoms with Gasteiger partial charge in [-0.15, -0.1) is 13.1 Å². The van der Waals surface area contributed by atoms with Crippen LogP contribution in [0.25, 0.3) is 5.32 Å². The predicted octanol–water partition coefficient (Wildman–Crippen LogP) is 0.406. The van der Waals surface area contributed by atoms with E-state index < -0.39 is 0 Å². The third kappa shape index (κ3) is 3.49. The van der Waals surface area contributed by atoms with Gasteiger partial charge in [0.2, 0.25) is 0 Å². The number of rotatable bonds is 3. The Kier molecular flexibility index (Phi) is 5.44. The highest BCUT2D eigenvalue weighted by atomic mass is 35.5. The van der Waals surface area contributed by atoms with Crippen LogP contribution in [0.1, 0.15) is 54.9 Å². The Morgan fingerprint density at radius 2 is 2.00 bits per heavy atom. The lowest BCUT2D eigenvalue weighted by Crippen LogP contribution is -3.00. The highest BCUT2D eigenvalue weighted by molar-refractivity contribution is 5.99. The van der Waals surface area contributed by atoms with Crippen molar-refractivity contribution in [1.82, 2.24) is 5.16 Å². The molecule has 118 valence electrons. The lowest BCUT2D eigenvalue weighted by atomic mass is 9.79. The summed E-state index contributed by atoms with van der Waals surface area (Å²) < 4.78 is 5.52. The lowest BCUT2D eigenvalue weighted by molar-refractivity contribution is -0.0000134. The molecule has 0 aromatic carbocycles. The van der Waals surface area contributed by atoms with Gasteiger partial charge in [0.25, 0.3) is 0 Å². The quantitative estimate of drug-likeness (QED) is 0.812. The van der Waals surface area contributed by atoms with E-state index in [0.29, 0.717) is 24.2 Å². The van der Waals surface area contributed by atoms with Crippen LogP contribution in [0.4, 0.5) is 0 Å². The summed E-state index contributed by atoms with van der Waals surface area (Å²) in [7, 11) is 0. The van der Waals surface area contributed by atoms with E-state index in [4.69, 9.17) is 4.52 Å². The summed E-state index contributed by atoms with van der Waals surface area (Å²) in [6.07, 6.45) is 4.62. The molecule has 1 unspecified atom stereocenters. The van der Waals surface area contributed by atoms with Crippen molar-refractivity contribution in [3.63, 3.8) is 0 Å². The number of hydrogen-bond donors (Lipinski definition) is 0. The Morgan fingerprint density at radius 3 is 2.67 bits per heavy atom. The molecule has 0 radical (unpaired) electrons. The summed E-state index contributed by atoms with van der Waals surface area (Å²) in [5.74, 6) is 2.61. The van der Waals surface area contributed by atoms with E-state index in [1.54, 1.807) is 0 Å². The topological polar surface area (TPSA) is 57.2 Å². The van der Waals surface area contributed by atoms with E-state index in [0.717, 1.165) is 55.8 Å². The van der Waals surface area contributed by atoms with Gasteiger partial charge in [-0.2, -0.15) is 0 Å². The summed E-state index contributed by atoms with van der Waals surface area (Å²) >= 11 is 0. The average molecular weight is 311 g/mol. The van der Waals surface area contributed by atoms with Crippen molar-refractivity contribution in [3.05, 3.63) is 22.3 Å². The molecule has 1 aromatic heterocycles. The van der Waals surface area contributed by atoms with Crippen LogP contribution >= 0.6 is 0 Å². The Labute approximate surface area is 132 Å². The maximum absolute atomic E-state index is 12.4. The molecule has 5 heteroatoms. The van der Waals surface area contributed by atoms with Gasteiger partial charge >= 0.3 is 0 Å². The molecular weight excluding hydrogens is 288 g/mol. The van der Waals surface area contributed by atoms with Crippen molar-refractivity contribution in [3.8, 4) is 0 Å². The second kappa shape index (κ2) is 6.93. The van der Waals surface area contributed by atoms with Gasteiger partial charge in [-0.1, -0.05) is 31.8 Å². The van der Waals surface area contributed by atoms with E-state index in [1.807, 2.05) is 0 Å². The second-order valence-corrected chi connectivity index (χ2v) is 6.58.